The number of hydrogen-bond donors (Lipinski definition) is 0. The third-order valence-electron chi connectivity index (χ3n) is 4.85. The van der Waals surface area contributed by atoms with Crippen molar-refractivity contribution in [1.29, 1.82) is 0 Å². The van der Waals surface area contributed by atoms with Crippen molar-refractivity contribution in [2.75, 3.05) is 26.7 Å². The predicted molar refractivity (Wildman–Crippen MR) is 95.6 cm³/mol. The molecule has 124 valence electrons. The highest BCUT2D eigenvalue weighted by Gasteiger charge is 2.24. The van der Waals surface area contributed by atoms with Crippen LogP contribution in [0.1, 0.15) is 37.7 Å². The number of aromatic nitrogens is 1. The lowest BCUT2D eigenvalue weighted by molar-refractivity contribution is -0.133. The van der Waals surface area contributed by atoms with E-state index in [1.54, 1.807) is 11.3 Å². The Bertz CT molecular complexity index is 643. The lowest BCUT2D eigenvalue weighted by atomic mass is 9.99. The summed E-state index contributed by atoms with van der Waals surface area (Å²) < 4.78 is 1.21. The van der Waals surface area contributed by atoms with Crippen molar-refractivity contribution in [2.24, 2.45) is 5.92 Å². The molecule has 5 heteroatoms. The number of carbonyl (C=O) groups is 1. The second-order valence-electron chi connectivity index (χ2n) is 6.67. The number of nitrogens with zero attached hydrogens (tertiary/aromatic N) is 3. The van der Waals surface area contributed by atoms with Crippen molar-refractivity contribution < 1.29 is 4.79 Å². The van der Waals surface area contributed by atoms with Gasteiger partial charge in [-0.15, -0.1) is 11.3 Å². The summed E-state index contributed by atoms with van der Waals surface area (Å²) in [6.07, 6.45) is 2.26. The monoisotopic (exact) mass is 331 g/mol. The number of fused-ring (bicyclic) bond motifs is 1. The molecule has 1 aliphatic heterocycles. The summed E-state index contributed by atoms with van der Waals surface area (Å²) in [5.74, 6) is 0.991. The van der Waals surface area contributed by atoms with Crippen LogP contribution in [0.2, 0.25) is 0 Å². The third-order valence-corrected chi connectivity index (χ3v) is 6.06. The molecule has 4 nitrogen and oxygen atoms in total. The van der Waals surface area contributed by atoms with Crippen LogP contribution in [-0.4, -0.2) is 47.4 Å². The number of thiazole rings is 1. The van der Waals surface area contributed by atoms with Crippen LogP contribution in [0.3, 0.4) is 0 Å². The number of benzene rings is 1. The van der Waals surface area contributed by atoms with Crippen LogP contribution < -0.4 is 0 Å². The maximum atomic E-state index is 12.5. The number of para-hydroxylation sites is 1. The Morgan fingerprint density at radius 3 is 2.78 bits per heavy atom. The summed E-state index contributed by atoms with van der Waals surface area (Å²) in [4.78, 5) is 21.3. The van der Waals surface area contributed by atoms with Crippen molar-refractivity contribution >= 4 is 27.5 Å². The fraction of sp³-hybridized carbons (Fsp3) is 0.556. The summed E-state index contributed by atoms with van der Waals surface area (Å²) in [6, 6.07) is 8.35. The van der Waals surface area contributed by atoms with Crippen molar-refractivity contribution in [3.8, 4) is 0 Å². The normalized spacial score (nSPS) is 17.8. The van der Waals surface area contributed by atoms with Gasteiger partial charge < -0.3 is 4.90 Å². The van der Waals surface area contributed by atoms with Crippen LogP contribution in [0.4, 0.5) is 0 Å². The number of likely N-dealkylation sites (tertiary alicyclic amines) is 1. The molecule has 2 aromatic rings. The van der Waals surface area contributed by atoms with E-state index in [0.717, 1.165) is 42.4 Å². The first-order valence-electron chi connectivity index (χ1n) is 8.38. The van der Waals surface area contributed by atoms with Crippen molar-refractivity contribution in [3.63, 3.8) is 0 Å². The maximum absolute atomic E-state index is 12.5. The molecule has 0 bridgehead atoms. The average molecular weight is 331 g/mol. The van der Waals surface area contributed by atoms with Crippen molar-refractivity contribution in [3.05, 3.63) is 29.3 Å². The number of likely N-dealkylation sites (N-methyl/N-ethyl adjacent to an activating group) is 1. The molecular weight excluding hydrogens is 306 g/mol. The Balaban J connectivity index is 1.62. The van der Waals surface area contributed by atoms with Gasteiger partial charge in [0.25, 0.3) is 0 Å². The third kappa shape index (κ3) is 3.72. The fourth-order valence-electron chi connectivity index (χ4n) is 2.97. The van der Waals surface area contributed by atoms with E-state index in [1.165, 1.54) is 4.70 Å². The van der Waals surface area contributed by atoms with Crippen LogP contribution in [0.25, 0.3) is 10.2 Å². The van der Waals surface area contributed by atoms with E-state index >= 15 is 0 Å². The zero-order chi connectivity index (χ0) is 16.4. The molecule has 1 saturated heterocycles. The summed E-state index contributed by atoms with van der Waals surface area (Å²) in [5.41, 5.74) is 1.05. The lowest BCUT2D eigenvalue weighted by Gasteiger charge is -2.32. The molecule has 23 heavy (non-hydrogen) atoms. The van der Waals surface area contributed by atoms with Gasteiger partial charge in [0, 0.05) is 13.1 Å². The molecule has 0 spiro atoms. The largest absolute Gasteiger partial charge is 0.342 e. The Morgan fingerprint density at radius 2 is 2.09 bits per heavy atom. The number of carbonyl (C=O) groups excluding carboxylic acids is 1. The molecule has 0 aliphatic carbocycles. The highest BCUT2D eigenvalue weighted by atomic mass is 32.1. The van der Waals surface area contributed by atoms with Gasteiger partial charge in [-0.2, -0.15) is 0 Å². The fourth-order valence-corrected chi connectivity index (χ4v) is 4.05. The highest BCUT2D eigenvalue weighted by Crippen LogP contribution is 2.28. The zero-order valence-corrected chi connectivity index (χ0v) is 15.0. The van der Waals surface area contributed by atoms with E-state index in [9.17, 15) is 4.79 Å². The van der Waals surface area contributed by atoms with Crippen molar-refractivity contribution in [2.45, 2.75) is 32.7 Å². The highest BCUT2D eigenvalue weighted by molar-refractivity contribution is 7.18. The van der Waals surface area contributed by atoms with Crippen LogP contribution in [0.15, 0.2) is 24.3 Å². The van der Waals surface area contributed by atoms with E-state index in [-0.39, 0.29) is 11.9 Å². The van der Waals surface area contributed by atoms with E-state index in [2.05, 4.69) is 24.8 Å². The number of amides is 1. The number of rotatable bonds is 4. The first-order valence-corrected chi connectivity index (χ1v) is 9.19. The maximum Gasteiger partial charge on any atom is 0.236 e. The van der Waals surface area contributed by atoms with Crippen LogP contribution in [-0.2, 0) is 4.79 Å². The van der Waals surface area contributed by atoms with Gasteiger partial charge in [0.1, 0.15) is 5.01 Å². The average Bonchev–Trinajstić information content (AvgIpc) is 2.98. The molecule has 1 fully saturated rings. The summed E-state index contributed by atoms with van der Waals surface area (Å²) in [7, 11) is 2.02. The first-order chi connectivity index (χ1) is 11.0. The molecular formula is C18H25N3OS. The van der Waals surface area contributed by atoms with E-state index in [1.807, 2.05) is 30.1 Å². The Hall–Kier alpha value is -1.46. The lowest BCUT2D eigenvalue weighted by Crippen LogP contribution is -2.43. The first kappa shape index (κ1) is 16.4. The molecule has 0 saturated carbocycles. The number of hydrogen-bond acceptors (Lipinski definition) is 4. The Kier molecular flexibility index (Phi) is 4.97. The Morgan fingerprint density at radius 1 is 1.39 bits per heavy atom. The molecule has 1 atom stereocenters. The van der Waals surface area contributed by atoms with E-state index < -0.39 is 0 Å². The van der Waals surface area contributed by atoms with Gasteiger partial charge >= 0.3 is 0 Å². The predicted octanol–water partition coefficient (Wildman–Crippen LogP) is 3.55. The topological polar surface area (TPSA) is 36.4 Å². The van der Waals surface area contributed by atoms with Gasteiger partial charge in [-0.05, 0) is 44.9 Å². The second-order valence-corrected chi connectivity index (χ2v) is 7.74. The van der Waals surface area contributed by atoms with E-state index in [4.69, 9.17) is 4.98 Å². The van der Waals surface area contributed by atoms with Crippen LogP contribution in [0.5, 0.6) is 0 Å². The molecule has 0 unspecified atom stereocenters. The smallest absolute Gasteiger partial charge is 0.236 e. The molecule has 1 aromatic carbocycles. The van der Waals surface area contributed by atoms with Crippen LogP contribution in [0, 0.1) is 5.92 Å². The van der Waals surface area contributed by atoms with Gasteiger partial charge in [-0.1, -0.05) is 19.1 Å². The van der Waals surface area contributed by atoms with Gasteiger partial charge in [0.15, 0.2) is 0 Å². The Labute approximate surface area is 142 Å². The van der Waals surface area contributed by atoms with Gasteiger partial charge in [-0.3, -0.25) is 9.69 Å². The minimum Gasteiger partial charge on any atom is -0.342 e. The van der Waals surface area contributed by atoms with Gasteiger partial charge in [0.2, 0.25) is 5.91 Å². The molecule has 1 amide bonds. The van der Waals surface area contributed by atoms with Crippen LogP contribution >= 0.6 is 11.3 Å². The summed E-state index contributed by atoms with van der Waals surface area (Å²) in [5, 5.41) is 1.08. The molecule has 3 rings (SSSR count). The minimum atomic E-state index is 0.153. The molecule has 1 aromatic heterocycles. The second kappa shape index (κ2) is 6.97. The van der Waals surface area contributed by atoms with E-state index in [0.29, 0.717) is 6.54 Å². The standard InChI is InChI=1S/C18H25N3OS/c1-13-8-10-21(11-9-13)17(22)12-20(3)14(2)18-19-15-6-4-5-7-16(15)23-18/h4-7,13-14H,8-12H2,1-3H3/t14-/m0/s1. The number of piperidine rings is 1. The minimum absolute atomic E-state index is 0.153. The molecule has 0 radical (unpaired) electrons. The summed E-state index contributed by atoms with van der Waals surface area (Å²) in [6.45, 7) is 6.67. The zero-order valence-electron chi connectivity index (χ0n) is 14.2. The van der Waals surface area contributed by atoms with Gasteiger partial charge in [-0.25, -0.2) is 4.98 Å². The van der Waals surface area contributed by atoms with Crippen molar-refractivity contribution in [1.82, 2.24) is 14.8 Å². The summed E-state index contributed by atoms with van der Waals surface area (Å²) >= 11 is 1.72. The molecule has 1 aliphatic rings. The molecule has 0 N–H and O–H groups in total. The molecule has 2 heterocycles. The quantitative estimate of drug-likeness (QED) is 0.860. The van der Waals surface area contributed by atoms with Gasteiger partial charge in [0.05, 0.1) is 22.8 Å². The SMILES string of the molecule is CC1CCN(C(=O)CN(C)[C@@H](C)c2nc3ccccc3s2)CC1.